The monoisotopic (exact) mass is 422 g/mol. The van der Waals surface area contributed by atoms with Gasteiger partial charge in [-0.15, -0.1) is 0 Å². The van der Waals surface area contributed by atoms with Crippen molar-refractivity contribution >= 4 is 37.7 Å². The Labute approximate surface area is 184 Å². The molecule has 0 unspecified atom stereocenters. The van der Waals surface area contributed by atoms with Gasteiger partial charge in [-0.25, -0.2) is 0 Å². The smallest absolute Gasteiger partial charge is 0.423 e. The van der Waals surface area contributed by atoms with E-state index in [1.807, 2.05) is 45.0 Å². The van der Waals surface area contributed by atoms with Crippen LogP contribution in [0.15, 0.2) is 72.8 Å². The molecule has 0 saturated carbocycles. The lowest BCUT2D eigenvalue weighted by Crippen LogP contribution is -2.29. The summed E-state index contributed by atoms with van der Waals surface area (Å²) in [5.74, 6) is 0. The van der Waals surface area contributed by atoms with E-state index >= 15 is 0 Å². The van der Waals surface area contributed by atoms with Crippen LogP contribution in [0, 0.1) is 13.8 Å². The zero-order chi connectivity index (χ0) is 23.4. The molecule has 3 aromatic rings. The summed E-state index contributed by atoms with van der Waals surface area (Å²) >= 11 is 0. The van der Waals surface area contributed by atoms with Gasteiger partial charge >= 0.3 is 21.4 Å². The van der Waals surface area contributed by atoms with Crippen molar-refractivity contribution in [3.05, 3.63) is 89.5 Å². The first-order chi connectivity index (χ1) is 14.6. The lowest BCUT2D eigenvalue weighted by Gasteiger charge is -2.00. The SMILES string of the molecule is CCc1cccc(B(O)O)c1.Cc1cccc(B(O)O)c1.Cc1cccc(B(O)O)c1. The van der Waals surface area contributed by atoms with Gasteiger partial charge in [-0.05, 0) is 42.2 Å². The average Bonchev–Trinajstić information content (AvgIpc) is 2.74. The Balaban J connectivity index is 0.000000233. The molecule has 0 aliphatic heterocycles. The van der Waals surface area contributed by atoms with Gasteiger partial charge in [0.2, 0.25) is 0 Å². The molecular formula is C22H29B3O6. The predicted molar refractivity (Wildman–Crippen MR) is 128 cm³/mol. The van der Waals surface area contributed by atoms with Crippen molar-refractivity contribution < 1.29 is 30.1 Å². The van der Waals surface area contributed by atoms with Crippen LogP contribution in [0.5, 0.6) is 0 Å². The van der Waals surface area contributed by atoms with Gasteiger partial charge in [-0.3, -0.25) is 0 Å². The lowest BCUT2D eigenvalue weighted by atomic mass is 9.79. The average molecular weight is 422 g/mol. The second-order valence-corrected chi connectivity index (χ2v) is 7.05. The summed E-state index contributed by atoms with van der Waals surface area (Å²) in [6.45, 7) is 5.85. The largest absolute Gasteiger partial charge is 0.488 e. The van der Waals surface area contributed by atoms with Crippen LogP contribution in [0.4, 0.5) is 0 Å². The zero-order valence-electron chi connectivity index (χ0n) is 18.1. The molecule has 0 bridgehead atoms. The minimum atomic E-state index is -1.35. The molecule has 0 atom stereocenters. The zero-order valence-corrected chi connectivity index (χ0v) is 18.1. The normalized spacial score (nSPS) is 9.58. The topological polar surface area (TPSA) is 121 Å². The van der Waals surface area contributed by atoms with Crippen molar-refractivity contribution in [3.63, 3.8) is 0 Å². The summed E-state index contributed by atoms with van der Waals surface area (Å²) in [4.78, 5) is 0. The highest BCUT2D eigenvalue weighted by Gasteiger charge is 2.10. The minimum absolute atomic E-state index is 0.542. The van der Waals surface area contributed by atoms with E-state index < -0.39 is 21.4 Å². The number of hydrogen-bond acceptors (Lipinski definition) is 6. The van der Waals surface area contributed by atoms with Crippen molar-refractivity contribution in [1.82, 2.24) is 0 Å². The molecule has 3 rings (SSSR count). The van der Waals surface area contributed by atoms with Gasteiger partial charge < -0.3 is 30.1 Å². The van der Waals surface area contributed by atoms with Crippen LogP contribution >= 0.6 is 0 Å². The summed E-state index contributed by atoms with van der Waals surface area (Å²) in [5, 5.41) is 52.4. The maximum atomic E-state index is 8.80. The molecule has 9 heteroatoms. The highest BCUT2D eigenvalue weighted by Crippen LogP contribution is 1.97. The molecule has 31 heavy (non-hydrogen) atoms. The van der Waals surface area contributed by atoms with E-state index in [2.05, 4.69) is 0 Å². The summed E-state index contributed by atoms with van der Waals surface area (Å²) in [5.41, 5.74) is 4.83. The van der Waals surface area contributed by atoms with Crippen molar-refractivity contribution in [2.75, 3.05) is 0 Å². The fraction of sp³-hybridized carbons (Fsp3) is 0.182. The van der Waals surface area contributed by atoms with E-state index in [4.69, 9.17) is 30.1 Å². The predicted octanol–water partition coefficient (Wildman–Crippen LogP) is -0.722. The second-order valence-electron chi connectivity index (χ2n) is 7.05. The van der Waals surface area contributed by atoms with Gasteiger partial charge in [0.1, 0.15) is 0 Å². The lowest BCUT2D eigenvalue weighted by molar-refractivity contribution is 0.424. The molecule has 0 heterocycles. The van der Waals surface area contributed by atoms with E-state index in [0.29, 0.717) is 16.4 Å². The van der Waals surface area contributed by atoms with Gasteiger partial charge in [-0.2, -0.15) is 0 Å². The summed E-state index contributed by atoms with van der Waals surface area (Å²) in [6.07, 6.45) is 0.917. The molecule has 0 spiro atoms. The van der Waals surface area contributed by atoms with Crippen molar-refractivity contribution in [2.45, 2.75) is 27.2 Å². The van der Waals surface area contributed by atoms with Gasteiger partial charge in [0.15, 0.2) is 0 Å². The molecule has 6 nitrogen and oxygen atoms in total. The third-order valence-corrected chi connectivity index (χ3v) is 4.34. The maximum Gasteiger partial charge on any atom is 0.488 e. The highest BCUT2D eigenvalue weighted by atomic mass is 16.4. The summed E-state index contributed by atoms with van der Waals surface area (Å²) in [7, 11) is -4.04. The first kappa shape index (κ1) is 26.6. The Morgan fingerprint density at radius 2 is 0.903 bits per heavy atom. The minimum Gasteiger partial charge on any atom is -0.423 e. The van der Waals surface area contributed by atoms with Crippen LogP contribution < -0.4 is 16.4 Å². The van der Waals surface area contributed by atoms with Crippen LogP contribution in [0.25, 0.3) is 0 Å². The summed E-state index contributed by atoms with van der Waals surface area (Å²) < 4.78 is 0. The van der Waals surface area contributed by atoms with Crippen molar-refractivity contribution in [3.8, 4) is 0 Å². The quantitative estimate of drug-likeness (QED) is 0.309. The van der Waals surface area contributed by atoms with Gasteiger partial charge in [0.05, 0.1) is 0 Å². The van der Waals surface area contributed by atoms with E-state index in [0.717, 1.165) is 23.1 Å². The van der Waals surface area contributed by atoms with E-state index in [9.17, 15) is 0 Å². The van der Waals surface area contributed by atoms with Crippen molar-refractivity contribution in [2.24, 2.45) is 0 Å². The summed E-state index contributed by atoms with van der Waals surface area (Å²) in [6, 6.07) is 21.5. The Hall–Kier alpha value is -2.39. The van der Waals surface area contributed by atoms with Crippen molar-refractivity contribution in [1.29, 1.82) is 0 Å². The molecule has 0 aromatic heterocycles. The Morgan fingerprint density at radius 1 is 0.548 bits per heavy atom. The first-order valence-electron chi connectivity index (χ1n) is 9.94. The van der Waals surface area contributed by atoms with E-state index in [1.165, 1.54) is 0 Å². The van der Waals surface area contributed by atoms with E-state index in [1.54, 1.807) is 48.5 Å². The Bertz CT molecular complexity index is 870. The number of hydrogen-bond donors (Lipinski definition) is 6. The molecule has 0 saturated heterocycles. The third kappa shape index (κ3) is 10.5. The van der Waals surface area contributed by atoms with E-state index in [-0.39, 0.29) is 0 Å². The molecule has 0 aliphatic rings. The standard InChI is InChI=1S/C8H11BO2.2C7H9BO2/c1-2-7-4-3-5-8(6-7)9(10)11;2*1-6-3-2-4-7(5-6)8(9)10/h3-6,10-11H,2H2,1H3;2*2-5,9-10H,1H3. The van der Waals surface area contributed by atoms with Crippen LogP contribution in [0.1, 0.15) is 23.6 Å². The fourth-order valence-corrected chi connectivity index (χ4v) is 2.64. The number of rotatable bonds is 4. The third-order valence-electron chi connectivity index (χ3n) is 4.34. The van der Waals surface area contributed by atoms with Gasteiger partial charge in [-0.1, -0.05) is 90.8 Å². The van der Waals surface area contributed by atoms with Crippen LogP contribution in [0.3, 0.4) is 0 Å². The molecule has 3 aromatic carbocycles. The Morgan fingerprint density at radius 3 is 1.19 bits per heavy atom. The highest BCUT2D eigenvalue weighted by molar-refractivity contribution is 6.59. The number of benzene rings is 3. The molecule has 0 aliphatic carbocycles. The molecule has 0 fully saturated rings. The Kier molecular flexibility index (Phi) is 11.9. The first-order valence-corrected chi connectivity index (χ1v) is 9.94. The molecule has 6 N–H and O–H groups in total. The van der Waals surface area contributed by atoms with Crippen LogP contribution in [0.2, 0.25) is 0 Å². The number of aryl methyl sites for hydroxylation is 3. The molecule has 0 radical (unpaired) electrons. The molecular weight excluding hydrogens is 393 g/mol. The fourth-order valence-electron chi connectivity index (χ4n) is 2.64. The van der Waals surface area contributed by atoms with Crippen LogP contribution in [-0.4, -0.2) is 51.5 Å². The maximum absolute atomic E-state index is 8.80. The van der Waals surface area contributed by atoms with Gasteiger partial charge in [0.25, 0.3) is 0 Å². The molecule has 0 amide bonds. The van der Waals surface area contributed by atoms with Crippen LogP contribution in [-0.2, 0) is 6.42 Å². The molecule has 162 valence electrons. The second kappa shape index (κ2) is 13.8. The van der Waals surface area contributed by atoms with Gasteiger partial charge in [0, 0.05) is 0 Å².